The number of aliphatic carboxylic acids is 2. The van der Waals surface area contributed by atoms with E-state index in [4.69, 9.17) is 27.1 Å². The molecule has 8 atom stereocenters. The molecule has 0 aliphatic carbocycles. The molecule has 68 heavy (non-hydrogen) atoms. The summed E-state index contributed by atoms with van der Waals surface area (Å²) in [7, 11) is 0. The predicted octanol–water partition coefficient (Wildman–Crippen LogP) is -0.864. The molecule has 0 saturated carbocycles. The normalized spacial score (nSPS) is 16.5. The molecule has 1 saturated heterocycles. The number of benzene rings is 1. The number of halogens is 3. The number of H-pyrrole nitrogens is 1. The zero-order chi connectivity index (χ0) is 51.5. The van der Waals surface area contributed by atoms with Gasteiger partial charge in [0.05, 0.1) is 12.4 Å². The van der Waals surface area contributed by atoms with Crippen molar-refractivity contribution in [3.05, 3.63) is 48.0 Å². The van der Waals surface area contributed by atoms with Crippen molar-refractivity contribution in [3.63, 3.8) is 0 Å². The van der Waals surface area contributed by atoms with Crippen molar-refractivity contribution >= 4 is 53.3 Å². The summed E-state index contributed by atoms with van der Waals surface area (Å²) >= 11 is 0. The predicted molar refractivity (Wildman–Crippen MR) is 238 cm³/mol. The van der Waals surface area contributed by atoms with Gasteiger partial charge in [0, 0.05) is 37.8 Å². The van der Waals surface area contributed by atoms with Crippen molar-refractivity contribution in [2.24, 2.45) is 34.0 Å². The molecule has 1 aromatic heterocycles. The molecule has 1 fully saturated rings. The lowest BCUT2D eigenvalue weighted by Crippen LogP contribution is -2.61. The fourth-order valence-corrected chi connectivity index (χ4v) is 6.72. The van der Waals surface area contributed by atoms with Crippen LogP contribution in [0.15, 0.2) is 41.8 Å². The minimum Gasteiger partial charge on any atom is -0.508 e. The van der Waals surface area contributed by atoms with Crippen LogP contribution in [-0.2, 0) is 51.2 Å². The van der Waals surface area contributed by atoms with Crippen LogP contribution in [0, 0.1) is 11.8 Å². The number of alkyl halides is 3. The number of aromatic hydroxyl groups is 1. The van der Waals surface area contributed by atoms with Crippen LogP contribution >= 0.6 is 0 Å². The molecular formula is C42H63F3N12O11. The first-order valence-corrected chi connectivity index (χ1v) is 21.7. The van der Waals surface area contributed by atoms with Crippen LogP contribution in [0.25, 0.3) is 0 Å². The fourth-order valence-electron chi connectivity index (χ4n) is 6.72. The highest BCUT2D eigenvalue weighted by Crippen LogP contribution is 2.21. The van der Waals surface area contributed by atoms with Gasteiger partial charge in [0.25, 0.3) is 0 Å². The van der Waals surface area contributed by atoms with Crippen LogP contribution in [0.5, 0.6) is 5.75 Å². The lowest BCUT2D eigenvalue weighted by atomic mass is 9.96. The third kappa shape index (κ3) is 18.7. The molecule has 23 nitrogen and oxygen atoms in total. The molecule has 1 aliphatic rings. The molecule has 15 N–H and O–H groups in total. The Morgan fingerprint density at radius 2 is 1.40 bits per heavy atom. The Balaban J connectivity index is 0.00000209. The van der Waals surface area contributed by atoms with Gasteiger partial charge in [-0.2, -0.15) is 13.2 Å². The average molecular weight is 969 g/mol. The van der Waals surface area contributed by atoms with Crippen LogP contribution in [0.1, 0.15) is 78.0 Å². The number of nitrogens with zero attached hydrogens (tertiary/aromatic N) is 3. The molecule has 0 radical (unpaired) electrons. The summed E-state index contributed by atoms with van der Waals surface area (Å²) in [6.07, 6.45) is -0.791. The number of aromatic nitrogens is 2. The monoisotopic (exact) mass is 968 g/mol. The van der Waals surface area contributed by atoms with Crippen molar-refractivity contribution in [1.29, 1.82) is 0 Å². The number of amides is 6. The number of hydrogen-bond donors (Lipinski definition) is 12. The summed E-state index contributed by atoms with van der Waals surface area (Å²) in [6, 6.07) is -2.14. The highest BCUT2D eigenvalue weighted by Gasteiger charge is 2.40. The van der Waals surface area contributed by atoms with E-state index in [1.165, 1.54) is 36.5 Å². The number of carbonyl (C=O) groups excluding carboxylic acids is 6. The van der Waals surface area contributed by atoms with Gasteiger partial charge in [-0.15, -0.1) is 0 Å². The second-order valence-electron chi connectivity index (χ2n) is 16.5. The van der Waals surface area contributed by atoms with E-state index >= 15 is 0 Å². The first-order valence-electron chi connectivity index (χ1n) is 21.7. The van der Waals surface area contributed by atoms with Crippen molar-refractivity contribution in [3.8, 4) is 5.75 Å². The van der Waals surface area contributed by atoms with Crippen molar-refractivity contribution in [2.45, 2.75) is 128 Å². The second kappa shape index (κ2) is 27.0. The molecule has 0 spiro atoms. The van der Waals surface area contributed by atoms with Gasteiger partial charge in [0.1, 0.15) is 42.0 Å². The first kappa shape index (κ1) is 57.1. The van der Waals surface area contributed by atoms with E-state index in [0.717, 1.165) is 0 Å². The number of nitrogens with two attached hydrogens (primary N) is 3. The van der Waals surface area contributed by atoms with Crippen LogP contribution in [0.3, 0.4) is 0 Å². The fraction of sp³-hybridized carbons (Fsp3) is 0.571. The number of phenolic OH excluding ortho intramolecular Hbond substituents is 1. The molecule has 2 aromatic rings. The maximum atomic E-state index is 14.3. The largest absolute Gasteiger partial charge is 0.508 e. The Morgan fingerprint density at radius 3 is 1.91 bits per heavy atom. The summed E-state index contributed by atoms with van der Waals surface area (Å²) in [5.41, 5.74) is 17.6. The number of hydrogen-bond acceptors (Lipinski definition) is 12. The van der Waals surface area contributed by atoms with E-state index in [1.807, 2.05) is 6.92 Å². The summed E-state index contributed by atoms with van der Waals surface area (Å²) in [6.45, 7) is 8.71. The van der Waals surface area contributed by atoms with Crippen molar-refractivity contribution in [1.82, 2.24) is 41.5 Å². The van der Waals surface area contributed by atoms with E-state index in [0.29, 0.717) is 30.5 Å². The van der Waals surface area contributed by atoms with Gasteiger partial charge in [0.15, 0.2) is 5.96 Å². The molecule has 3 rings (SSSR count). The molecule has 1 aromatic carbocycles. The number of aromatic amines is 1. The highest BCUT2D eigenvalue weighted by atomic mass is 19.4. The maximum absolute atomic E-state index is 14.3. The zero-order valence-corrected chi connectivity index (χ0v) is 38.3. The Bertz CT molecular complexity index is 2050. The lowest BCUT2D eigenvalue weighted by molar-refractivity contribution is -0.192. The van der Waals surface area contributed by atoms with Crippen molar-refractivity contribution < 1.29 is 66.8 Å². The SMILES string of the molecule is CC[C@H](C)[C@H](NC(=O)[C@H](Cc1ccc(O)cc1)NC(=O)[C@@H](NC(=O)[C@H](CCCN=C(N)N)NC(=O)[C@H](C)N)C(C)C)C(=O)N[C@@H](Cc1cnc[nH]1)C(=O)N1CCC[C@H]1C(=O)O.O=C(O)C(F)(F)F. The van der Waals surface area contributed by atoms with Crippen LogP contribution in [-0.4, -0.2) is 145 Å². The van der Waals surface area contributed by atoms with Gasteiger partial charge in [-0.1, -0.05) is 46.2 Å². The Labute approximate surface area is 390 Å². The lowest BCUT2D eigenvalue weighted by Gasteiger charge is -2.31. The number of carbonyl (C=O) groups is 8. The number of rotatable bonds is 23. The molecule has 0 unspecified atom stereocenters. The number of guanidine groups is 1. The Kier molecular flexibility index (Phi) is 22.7. The van der Waals surface area contributed by atoms with E-state index in [9.17, 15) is 56.9 Å². The molecule has 378 valence electrons. The second-order valence-corrected chi connectivity index (χ2v) is 16.5. The van der Waals surface area contributed by atoms with E-state index in [2.05, 4.69) is 41.5 Å². The van der Waals surface area contributed by atoms with E-state index in [1.54, 1.807) is 32.9 Å². The average Bonchev–Trinajstić information content (AvgIpc) is 3.98. The molecule has 26 heteroatoms. The third-order valence-corrected chi connectivity index (χ3v) is 10.7. The Hall–Kier alpha value is -6.99. The van der Waals surface area contributed by atoms with Gasteiger partial charge in [-0.25, -0.2) is 14.6 Å². The zero-order valence-electron chi connectivity index (χ0n) is 38.3. The number of carboxylic acid groups (broad SMARTS) is 2. The molecule has 0 bridgehead atoms. The van der Waals surface area contributed by atoms with Crippen molar-refractivity contribution in [2.75, 3.05) is 13.1 Å². The summed E-state index contributed by atoms with van der Waals surface area (Å²) in [5.74, 6) is -9.22. The Morgan fingerprint density at radius 1 is 0.838 bits per heavy atom. The van der Waals surface area contributed by atoms with Gasteiger partial charge in [0.2, 0.25) is 35.4 Å². The maximum Gasteiger partial charge on any atom is 0.490 e. The third-order valence-electron chi connectivity index (χ3n) is 10.7. The quantitative estimate of drug-likeness (QED) is 0.0366. The summed E-state index contributed by atoms with van der Waals surface area (Å²) < 4.78 is 31.7. The number of nitrogens with one attached hydrogen (secondary N) is 6. The van der Waals surface area contributed by atoms with Crippen LogP contribution in [0.4, 0.5) is 13.2 Å². The smallest absolute Gasteiger partial charge is 0.490 e. The van der Waals surface area contributed by atoms with E-state index < -0.39 is 108 Å². The molecule has 1 aliphatic heterocycles. The molecule has 6 amide bonds. The van der Waals surface area contributed by atoms with Gasteiger partial charge in [-0.3, -0.25) is 33.8 Å². The minimum atomic E-state index is -5.08. The summed E-state index contributed by atoms with van der Waals surface area (Å²) in [5, 5.41) is 40.4. The highest BCUT2D eigenvalue weighted by molar-refractivity contribution is 5.97. The van der Waals surface area contributed by atoms with Gasteiger partial charge < -0.3 is 69.0 Å². The van der Waals surface area contributed by atoms with Crippen LogP contribution in [0.2, 0.25) is 0 Å². The van der Waals surface area contributed by atoms with Crippen LogP contribution < -0.4 is 43.8 Å². The first-order chi connectivity index (χ1) is 31.8. The topological polar surface area (TPSA) is 380 Å². The van der Waals surface area contributed by atoms with Gasteiger partial charge >= 0.3 is 18.1 Å². The number of imidazole rings is 1. The van der Waals surface area contributed by atoms with E-state index in [-0.39, 0.29) is 50.5 Å². The number of aliphatic imine (C=N–C) groups is 1. The molecular weight excluding hydrogens is 906 g/mol. The number of likely N-dealkylation sites (tertiary alicyclic amines) is 1. The number of carboxylic acids is 2. The summed E-state index contributed by atoms with van der Waals surface area (Å²) in [4.78, 5) is 115. The standard InChI is InChI=1S/C40H62N12O9.C2HF3O2/c1-6-22(4)32(37(58)49-29(18-25-19-44-20-46-25)38(59)52-16-8-10-30(52)39(60)61)51-35(56)28(17-24-11-13-26(53)14-12-24)48-36(57)31(21(2)3)50-34(55)27(47-33(54)23(5)41)9-7-15-45-40(42)43;3-2(4,5)1(6)7/h11-14,19-23,27-32,53H,6-10,15-18,41H2,1-5H3,(H,44,46)(H,47,54)(H,48,57)(H,49,58)(H,50,55)(H,51,56)(H,60,61)(H4,42,43,45);(H,6,7)/t22-,23-,27-,28-,29-,30-,31-,32-;/m0./s1. The minimum absolute atomic E-state index is 0.0308. The number of phenols is 1. The molecule has 2 heterocycles. The van der Waals surface area contributed by atoms with Gasteiger partial charge in [-0.05, 0) is 62.1 Å².